The third kappa shape index (κ3) is 4.75. The maximum Gasteiger partial charge on any atom is 0.255 e. The van der Waals surface area contributed by atoms with Gasteiger partial charge in [-0.3, -0.25) is 9.20 Å². The van der Waals surface area contributed by atoms with Gasteiger partial charge in [0.25, 0.3) is 5.91 Å². The van der Waals surface area contributed by atoms with Crippen LogP contribution in [0.5, 0.6) is 0 Å². The van der Waals surface area contributed by atoms with Gasteiger partial charge in [-0.25, -0.2) is 17.8 Å². The third-order valence-corrected chi connectivity index (χ3v) is 11.2. The molecule has 0 saturated carbocycles. The number of halogens is 2. The summed E-state index contributed by atoms with van der Waals surface area (Å²) in [5, 5.41) is 0.0978. The number of aromatic nitrogens is 2. The van der Waals surface area contributed by atoms with E-state index < -0.39 is 15.8 Å². The Balaban J connectivity index is 1.15. The van der Waals surface area contributed by atoms with E-state index in [1.807, 2.05) is 22.6 Å². The molecule has 3 saturated heterocycles. The van der Waals surface area contributed by atoms with E-state index in [-0.39, 0.29) is 33.5 Å². The number of piperidine rings is 1. The quantitative estimate of drug-likeness (QED) is 0.312. The van der Waals surface area contributed by atoms with Crippen LogP contribution in [0, 0.1) is 5.82 Å². The highest BCUT2D eigenvalue weighted by Gasteiger charge is 2.43. The number of piperazine rings is 1. The normalized spacial score (nSPS) is 21.8. The molecule has 2 aromatic carbocycles. The van der Waals surface area contributed by atoms with Crippen molar-refractivity contribution in [2.24, 2.45) is 0 Å². The fraction of sp³-hybridized carbons (Fsp3) is 0.355. The summed E-state index contributed by atoms with van der Waals surface area (Å²) in [6.07, 6.45) is 6.69. The first-order chi connectivity index (χ1) is 20.3. The lowest BCUT2D eigenvalue weighted by molar-refractivity contribution is 0.0717. The largest absolute Gasteiger partial charge is 0.348 e. The maximum absolute atomic E-state index is 13.9. The number of carbonyl (C=O) groups excluding carboxylic acids is 1. The van der Waals surface area contributed by atoms with Gasteiger partial charge in [-0.15, -0.1) is 0 Å². The summed E-state index contributed by atoms with van der Waals surface area (Å²) in [6.45, 7) is 1.87. The van der Waals surface area contributed by atoms with Crippen molar-refractivity contribution in [1.82, 2.24) is 18.6 Å². The lowest BCUT2D eigenvalue weighted by Crippen LogP contribution is -2.56. The molecule has 3 fully saturated rings. The minimum absolute atomic E-state index is 0.00269. The first kappa shape index (κ1) is 27.4. The standard InChI is InChI=1S/C31H31ClFN5O3S/c32-29-14-23(33)6-9-28(29)31(39)35-18-24-7-8-25(19-35)38(24)30-16-27(15-26-17-34-20-37(26)30)42(40,41)36-12-10-22(11-13-36)21-4-2-1-3-5-21/h1-6,9,14-17,20,22,24-25H,7-8,10-13,18-19H2/t24-,25+. The van der Waals surface area contributed by atoms with Gasteiger partial charge in [-0.1, -0.05) is 41.9 Å². The van der Waals surface area contributed by atoms with Crippen LogP contribution in [-0.2, 0) is 10.0 Å². The van der Waals surface area contributed by atoms with E-state index in [0.29, 0.717) is 37.6 Å². The number of pyridine rings is 1. The number of carbonyl (C=O) groups is 1. The van der Waals surface area contributed by atoms with E-state index in [1.54, 1.807) is 33.9 Å². The lowest BCUT2D eigenvalue weighted by Gasteiger charge is -2.42. The van der Waals surface area contributed by atoms with E-state index >= 15 is 0 Å². The van der Waals surface area contributed by atoms with Gasteiger partial charge in [-0.05, 0) is 67.5 Å². The van der Waals surface area contributed by atoms with E-state index in [4.69, 9.17) is 11.6 Å². The molecule has 0 radical (unpaired) electrons. The molecule has 3 aliphatic rings. The van der Waals surface area contributed by atoms with Crippen molar-refractivity contribution >= 4 is 38.9 Å². The number of anilines is 1. The molecule has 0 spiro atoms. The van der Waals surface area contributed by atoms with E-state index in [1.165, 1.54) is 17.7 Å². The Kier molecular flexibility index (Phi) is 6.95. The van der Waals surface area contributed by atoms with Gasteiger partial charge >= 0.3 is 0 Å². The van der Waals surface area contributed by atoms with Crippen molar-refractivity contribution in [1.29, 1.82) is 0 Å². The summed E-state index contributed by atoms with van der Waals surface area (Å²) in [5.74, 6) is 0.410. The van der Waals surface area contributed by atoms with Gasteiger partial charge < -0.3 is 9.80 Å². The van der Waals surface area contributed by atoms with E-state index in [9.17, 15) is 17.6 Å². The zero-order chi connectivity index (χ0) is 29.0. The molecule has 2 bridgehead atoms. The zero-order valence-electron chi connectivity index (χ0n) is 22.9. The Morgan fingerprint density at radius 1 is 0.929 bits per heavy atom. The van der Waals surface area contributed by atoms with Crippen LogP contribution in [0.1, 0.15) is 47.5 Å². The molecule has 0 aliphatic carbocycles. The van der Waals surface area contributed by atoms with Crippen LogP contribution in [0.3, 0.4) is 0 Å². The molecule has 3 aliphatic heterocycles. The number of hydrogen-bond donors (Lipinski definition) is 0. The fourth-order valence-electron chi connectivity index (χ4n) is 6.92. The summed E-state index contributed by atoms with van der Waals surface area (Å²) < 4.78 is 45.0. The van der Waals surface area contributed by atoms with Crippen LogP contribution in [0.2, 0.25) is 5.02 Å². The lowest BCUT2D eigenvalue weighted by atomic mass is 9.90. The predicted octanol–water partition coefficient (Wildman–Crippen LogP) is 5.19. The van der Waals surface area contributed by atoms with Crippen molar-refractivity contribution in [3.63, 3.8) is 0 Å². The van der Waals surface area contributed by atoms with E-state index in [2.05, 4.69) is 22.0 Å². The van der Waals surface area contributed by atoms with E-state index in [0.717, 1.165) is 37.6 Å². The molecule has 2 aromatic heterocycles. The van der Waals surface area contributed by atoms with Gasteiger partial charge in [0.15, 0.2) is 0 Å². The summed E-state index contributed by atoms with van der Waals surface area (Å²) in [6, 6.07) is 17.6. The second kappa shape index (κ2) is 10.7. The van der Waals surface area contributed by atoms with Crippen molar-refractivity contribution < 1.29 is 17.6 Å². The topological polar surface area (TPSA) is 78.2 Å². The highest BCUT2D eigenvalue weighted by Crippen LogP contribution is 2.38. The highest BCUT2D eigenvalue weighted by atomic mass is 35.5. The highest BCUT2D eigenvalue weighted by molar-refractivity contribution is 7.89. The summed E-state index contributed by atoms with van der Waals surface area (Å²) in [7, 11) is -3.73. The molecule has 0 unspecified atom stereocenters. The first-order valence-electron chi connectivity index (χ1n) is 14.3. The first-order valence-corrected chi connectivity index (χ1v) is 16.2. The summed E-state index contributed by atoms with van der Waals surface area (Å²) in [5.41, 5.74) is 2.25. The number of likely N-dealkylation sites (tertiary alicyclic amines) is 1. The smallest absolute Gasteiger partial charge is 0.255 e. The molecule has 8 nitrogen and oxygen atoms in total. The fourth-order valence-corrected chi connectivity index (χ4v) is 8.68. The Morgan fingerprint density at radius 2 is 1.64 bits per heavy atom. The SMILES string of the molecule is O=C(c1ccc(F)cc1Cl)N1C[C@H]2CC[C@@H](C1)N2c1cc(S(=O)(=O)N2CCC(c3ccccc3)CC2)cc2cncn12. The minimum atomic E-state index is -3.73. The number of rotatable bonds is 5. The Labute approximate surface area is 249 Å². The number of sulfonamides is 1. The summed E-state index contributed by atoms with van der Waals surface area (Å²) in [4.78, 5) is 22.0. The molecule has 2 atom stereocenters. The Hall–Kier alpha value is -3.47. The second-order valence-electron chi connectivity index (χ2n) is 11.5. The number of amides is 1. The molecular formula is C31H31ClFN5O3S. The zero-order valence-corrected chi connectivity index (χ0v) is 24.5. The average Bonchev–Trinajstić information content (AvgIpc) is 3.58. The molecule has 218 valence electrons. The van der Waals surface area contributed by atoms with Crippen molar-refractivity contribution in [3.05, 3.63) is 95.2 Å². The number of benzene rings is 2. The average molecular weight is 608 g/mol. The molecule has 11 heteroatoms. The molecule has 42 heavy (non-hydrogen) atoms. The van der Waals surface area contributed by atoms with Crippen molar-refractivity contribution in [3.8, 4) is 0 Å². The third-order valence-electron chi connectivity index (χ3n) is 9.03. The predicted molar refractivity (Wildman–Crippen MR) is 159 cm³/mol. The monoisotopic (exact) mass is 607 g/mol. The van der Waals surface area contributed by atoms with Crippen LogP contribution in [0.25, 0.3) is 5.52 Å². The molecule has 4 aromatic rings. The van der Waals surface area contributed by atoms with Gasteiger partial charge in [0.2, 0.25) is 10.0 Å². The van der Waals surface area contributed by atoms with Crippen LogP contribution in [0.4, 0.5) is 10.2 Å². The Morgan fingerprint density at radius 3 is 2.33 bits per heavy atom. The molecule has 0 N–H and O–H groups in total. The van der Waals surface area contributed by atoms with Crippen LogP contribution < -0.4 is 4.90 Å². The van der Waals surface area contributed by atoms with Gasteiger partial charge in [0.05, 0.1) is 27.2 Å². The van der Waals surface area contributed by atoms with Crippen molar-refractivity contribution in [2.45, 2.75) is 48.6 Å². The van der Waals surface area contributed by atoms with Crippen LogP contribution in [-0.4, -0.2) is 71.2 Å². The number of imidazole rings is 1. The maximum atomic E-state index is 13.9. The molecule has 7 rings (SSSR count). The number of fused-ring (bicyclic) bond motifs is 3. The van der Waals surface area contributed by atoms with Gasteiger partial charge in [0.1, 0.15) is 18.0 Å². The Bertz CT molecular complexity index is 1740. The van der Waals surface area contributed by atoms with Gasteiger partial charge in [0, 0.05) is 38.3 Å². The molecule has 1 amide bonds. The van der Waals surface area contributed by atoms with Crippen LogP contribution in [0.15, 0.2) is 78.1 Å². The second-order valence-corrected chi connectivity index (χ2v) is 13.8. The van der Waals surface area contributed by atoms with Crippen LogP contribution >= 0.6 is 11.6 Å². The van der Waals surface area contributed by atoms with Crippen molar-refractivity contribution in [2.75, 3.05) is 31.1 Å². The summed E-state index contributed by atoms with van der Waals surface area (Å²) >= 11 is 6.20. The number of nitrogens with zero attached hydrogens (tertiary/aromatic N) is 5. The number of hydrogen-bond acceptors (Lipinski definition) is 5. The minimum Gasteiger partial charge on any atom is -0.348 e. The van der Waals surface area contributed by atoms with Gasteiger partial charge in [-0.2, -0.15) is 4.31 Å². The molecule has 5 heterocycles. The molecular weight excluding hydrogens is 577 g/mol.